The van der Waals surface area contributed by atoms with Crippen molar-refractivity contribution in [3.63, 3.8) is 0 Å². The number of aromatic nitrogens is 2. The Morgan fingerprint density at radius 1 is 1.29 bits per heavy atom. The SMILES string of the molecule is COc1ccc(NCc2cnn(C)c2C)cc1. The lowest BCUT2D eigenvalue weighted by atomic mass is 10.2. The van der Waals surface area contributed by atoms with Crippen LogP contribution in [0.4, 0.5) is 5.69 Å². The molecule has 1 N–H and O–H groups in total. The van der Waals surface area contributed by atoms with E-state index in [1.807, 2.05) is 42.2 Å². The Bertz CT molecular complexity index is 488. The highest BCUT2D eigenvalue weighted by atomic mass is 16.5. The lowest BCUT2D eigenvalue weighted by Crippen LogP contribution is -2.01. The standard InChI is InChI=1S/C13H17N3O/c1-10-11(9-15-16(10)2)8-14-12-4-6-13(17-3)7-5-12/h4-7,9,14H,8H2,1-3H3. The highest BCUT2D eigenvalue weighted by Crippen LogP contribution is 2.16. The first-order chi connectivity index (χ1) is 8.20. The Balaban J connectivity index is 2.00. The fraction of sp³-hybridized carbons (Fsp3) is 0.308. The van der Waals surface area contributed by atoms with Gasteiger partial charge in [0.2, 0.25) is 0 Å². The van der Waals surface area contributed by atoms with Crippen molar-refractivity contribution in [2.75, 3.05) is 12.4 Å². The summed E-state index contributed by atoms with van der Waals surface area (Å²) in [7, 11) is 3.62. The average Bonchev–Trinajstić information content (AvgIpc) is 2.68. The topological polar surface area (TPSA) is 39.1 Å². The number of aryl methyl sites for hydroxylation is 1. The van der Waals surface area contributed by atoms with Crippen molar-refractivity contribution in [2.45, 2.75) is 13.5 Å². The summed E-state index contributed by atoms with van der Waals surface area (Å²) in [6.45, 7) is 2.85. The van der Waals surface area contributed by atoms with E-state index in [-0.39, 0.29) is 0 Å². The Morgan fingerprint density at radius 2 is 2.00 bits per heavy atom. The minimum atomic E-state index is 0.784. The highest BCUT2D eigenvalue weighted by Gasteiger charge is 2.02. The van der Waals surface area contributed by atoms with Crippen LogP contribution in [0.5, 0.6) is 5.75 Å². The molecule has 0 aliphatic carbocycles. The van der Waals surface area contributed by atoms with E-state index in [2.05, 4.69) is 17.3 Å². The van der Waals surface area contributed by atoms with E-state index in [9.17, 15) is 0 Å². The maximum atomic E-state index is 5.11. The zero-order chi connectivity index (χ0) is 12.3. The summed E-state index contributed by atoms with van der Waals surface area (Å²) in [5.41, 5.74) is 3.48. The molecule has 0 bridgehead atoms. The largest absolute Gasteiger partial charge is 0.497 e. The van der Waals surface area contributed by atoms with Crippen LogP contribution >= 0.6 is 0 Å². The smallest absolute Gasteiger partial charge is 0.119 e. The van der Waals surface area contributed by atoms with Crippen LogP contribution in [0.15, 0.2) is 30.5 Å². The van der Waals surface area contributed by atoms with Gasteiger partial charge in [0, 0.05) is 30.5 Å². The number of methoxy groups -OCH3 is 1. The fourth-order valence-corrected chi connectivity index (χ4v) is 1.62. The molecule has 0 fully saturated rings. The number of anilines is 1. The van der Waals surface area contributed by atoms with Gasteiger partial charge in [-0.1, -0.05) is 0 Å². The Kier molecular flexibility index (Phi) is 3.32. The average molecular weight is 231 g/mol. The van der Waals surface area contributed by atoms with Crippen LogP contribution in [0, 0.1) is 6.92 Å². The summed E-state index contributed by atoms with van der Waals surface area (Å²) in [6.07, 6.45) is 1.89. The zero-order valence-corrected chi connectivity index (χ0v) is 10.4. The van der Waals surface area contributed by atoms with Crippen LogP contribution in [0.25, 0.3) is 0 Å². The molecule has 0 saturated carbocycles. The van der Waals surface area contributed by atoms with Crippen LogP contribution in [-0.2, 0) is 13.6 Å². The second-order valence-electron chi connectivity index (χ2n) is 3.96. The predicted octanol–water partition coefficient (Wildman–Crippen LogP) is 2.35. The maximum Gasteiger partial charge on any atom is 0.119 e. The van der Waals surface area contributed by atoms with Crippen LogP contribution in [0.3, 0.4) is 0 Å². The van der Waals surface area contributed by atoms with E-state index in [1.54, 1.807) is 7.11 Å². The van der Waals surface area contributed by atoms with Crippen molar-refractivity contribution in [1.29, 1.82) is 0 Å². The lowest BCUT2D eigenvalue weighted by Gasteiger charge is -2.07. The quantitative estimate of drug-likeness (QED) is 0.878. The van der Waals surface area contributed by atoms with Gasteiger partial charge in [-0.15, -0.1) is 0 Å². The van der Waals surface area contributed by atoms with Crippen molar-refractivity contribution in [3.05, 3.63) is 41.7 Å². The van der Waals surface area contributed by atoms with Crippen LogP contribution in [-0.4, -0.2) is 16.9 Å². The van der Waals surface area contributed by atoms with E-state index >= 15 is 0 Å². The van der Waals surface area contributed by atoms with Gasteiger partial charge in [0.25, 0.3) is 0 Å². The molecular weight excluding hydrogens is 214 g/mol. The Hall–Kier alpha value is -1.97. The number of nitrogens with one attached hydrogen (secondary N) is 1. The zero-order valence-electron chi connectivity index (χ0n) is 10.4. The third-order valence-corrected chi connectivity index (χ3v) is 2.91. The molecule has 17 heavy (non-hydrogen) atoms. The van der Waals surface area contributed by atoms with Gasteiger partial charge < -0.3 is 10.1 Å². The number of nitrogens with zero attached hydrogens (tertiary/aromatic N) is 2. The molecule has 0 radical (unpaired) electrons. The third kappa shape index (κ3) is 2.58. The monoisotopic (exact) mass is 231 g/mol. The Labute approximate surface area is 101 Å². The molecule has 1 aromatic carbocycles. The van der Waals surface area contributed by atoms with Gasteiger partial charge in [-0.05, 0) is 31.2 Å². The number of rotatable bonds is 4. The van der Waals surface area contributed by atoms with Gasteiger partial charge in [0.1, 0.15) is 5.75 Å². The fourth-order valence-electron chi connectivity index (χ4n) is 1.62. The van der Waals surface area contributed by atoms with E-state index in [1.165, 1.54) is 11.3 Å². The molecule has 4 heteroatoms. The molecule has 2 aromatic rings. The molecule has 90 valence electrons. The second kappa shape index (κ2) is 4.91. The van der Waals surface area contributed by atoms with E-state index < -0.39 is 0 Å². The molecule has 1 heterocycles. The number of benzene rings is 1. The van der Waals surface area contributed by atoms with Crippen LogP contribution < -0.4 is 10.1 Å². The van der Waals surface area contributed by atoms with Gasteiger partial charge in [0.15, 0.2) is 0 Å². The normalized spacial score (nSPS) is 10.3. The van der Waals surface area contributed by atoms with Gasteiger partial charge in [-0.25, -0.2) is 0 Å². The van der Waals surface area contributed by atoms with Gasteiger partial charge in [-0.3, -0.25) is 4.68 Å². The molecule has 0 aliphatic rings. The van der Waals surface area contributed by atoms with E-state index in [0.29, 0.717) is 0 Å². The maximum absolute atomic E-state index is 5.11. The summed E-state index contributed by atoms with van der Waals surface area (Å²) in [5, 5.41) is 7.57. The number of hydrogen-bond donors (Lipinski definition) is 1. The summed E-state index contributed by atoms with van der Waals surface area (Å²) >= 11 is 0. The first kappa shape index (κ1) is 11.5. The molecule has 0 spiro atoms. The summed E-state index contributed by atoms with van der Waals surface area (Å²) in [5.74, 6) is 0.869. The lowest BCUT2D eigenvalue weighted by molar-refractivity contribution is 0.415. The molecule has 0 saturated heterocycles. The molecule has 0 amide bonds. The molecule has 0 unspecified atom stereocenters. The first-order valence-electron chi connectivity index (χ1n) is 5.56. The second-order valence-corrected chi connectivity index (χ2v) is 3.96. The molecule has 4 nitrogen and oxygen atoms in total. The summed E-state index contributed by atoms with van der Waals surface area (Å²) in [4.78, 5) is 0. The minimum Gasteiger partial charge on any atom is -0.497 e. The summed E-state index contributed by atoms with van der Waals surface area (Å²) < 4.78 is 6.99. The van der Waals surface area contributed by atoms with Crippen molar-refractivity contribution in [1.82, 2.24) is 9.78 Å². The molecular formula is C13H17N3O. The molecule has 1 aromatic heterocycles. The van der Waals surface area contributed by atoms with Gasteiger partial charge >= 0.3 is 0 Å². The van der Waals surface area contributed by atoms with Crippen LogP contribution in [0.1, 0.15) is 11.3 Å². The molecule has 0 atom stereocenters. The number of ether oxygens (including phenoxy) is 1. The van der Waals surface area contributed by atoms with E-state index in [4.69, 9.17) is 4.74 Å². The van der Waals surface area contributed by atoms with Crippen molar-refractivity contribution in [3.8, 4) is 5.75 Å². The van der Waals surface area contributed by atoms with Crippen LogP contribution in [0.2, 0.25) is 0 Å². The Morgan fingerprint density at radius 3 is 2.53 bits per heavy atom. The van der Waals surface area contributed by atoms with Gasteiger partial charge in [0.05, 0.1) is 13.3 Å². The molecule has 2 rings (SSSR count). The van der Waals surface area contributed by atoms with Crippen molar-refractivity contribution < 1.29 is 4.74 Å². The van der Waals surface area contributed by atoms with Gasteiger partial charge in [-0.2, -0.15) is 5.10 Å². The summed E-state index contributed by atoms with van der Waals surface area (Å²) in [6, 6.07) is 7.89. The third-order valence-electron chi connectivity index (χ3n) is 2.91. The minimum absolute atomic E-state index is 0.784. The predicted molar refractivity (Wildman–Crippen MR) is 68.3 cm³/mol. The van der Waals surface area contributed by atoms with Crippen molar-refractivity contribution in [2.24, 2.45) is 7.05 Å². The highest BCUT2D eigenvalue weighted by molar-refractivity contribution is 5.46. The van der Waals surface area contributed by atoms with E-state index in [0.717, 1.165) is 18.0 Å². The van der Waals surface area contributed by atoms with Crippen molar-refractivity contribution >= 4 is 5.69 Å². The molecule has 0 aliphatic heterocycles. The number of hydrogen-bond acceptors (Lipinski definition) is 3. The first-order valence-corrected chi connectivity index (χ1v) is 5.56.